The molecule has 1 heterocycles. The predicted molar refractivity (Wildman–Crippen MR) is 82.0 cm³/mol. The largest absolute Gasteiger partial charge is 0.481 e. The first-order valence-electron chi connectivity index (χ1n) is 6.32. The second-order valence-corrected chi connectivity index (χ2v) is 6.29. The van der Waals surface area contributed by atoms with Crippen LogP contribution in [-0.4, -0.2) is 31.3 Å². The van der Waals surface area contributed by atoms with Crippen LogP contribution in [0.3, 0.4) is 0 Å². The monoisotopic (exact) mass is 372 g/mol. The Bertz CT molecular complexity index is 676. The summed E-state index contributed by atoms with van der Waals surface area (Å²) in [5.41, 5.74) is -0.217. The highest BCUT2D eigenvalue weighted by Gasteiger charge is 2.33. The summed E-state index contributed by atoms with van der Waals surface area (Å²) in [5, 5.41) is 21.5. The Kier molecular flexibility index (Phi) is 4.63. The van der Waals surface area contributed by atoms with Gasteiger partial charge in [-0.05, 0) is 42.0 Å². The second-order valence-electron chi connectivity index (χ2n) is 5.00. The van der Waals surface area contributed by atoms with Crippen LogP contribution in [0, 0.1) is 5.41 Å². The Morgan fingerprint density at radius 3 is 2.86 bits per heavy atom. The van der Waals surface area contributed by atoms with Gasteiger partial charge in [0.2, 0.25) is 0 Å². The van der Waals surface area contributed by atoms with E-state index in [-0.39, 0.29) is 6.54 Å². The fourth-order valence-corrected chi connectivity index (χ4v) is 2.43. The van der Waals surface area contributed by atoms with E-state index < -0.39 is 11.4 Å². The fourth-order valence-electron chi connectivity index (χ4n) is 1.83. The number of carboxylic acids is 1. The minimum absolute atomic E-state index is 0.181. The highest BCUT2D eigenvalue weighted by atomic mass is 79.9. The molecule has 1 atom stereocenters. The van der Waals surface area contributed by atoms with Gasteiger partial charge in [0.25, 0.3) is 0 Å². The summed E-state index contributed by atoms with van der Waals surface area (Å²) in [4.78, 5) is 11.4. The molecule has 0 radical (unpaired) electrons. The molecule has 21 heavy (non-hydrogen) atoms. The third-order valence-electron chi connectivity index (χ3n) is 3.50. The first-order valence-corrected chi connectivity index (χ1v) is 7.49. The molecule has 1 aromatic carbocycles. The number of rotatable bonds is 5. The summed E-state index contributed by atoms with van der Waals surface area (Å²) in [5.74, 6) is -0.401. The van der Waals surface area contributed by atoms with E-state index >= 15 is 0 Å². The van der Waals surface area contributed by atoms with Gasteiger partial charge in [0.1, 0.15) is 0 Å². The molecule has 0 saturated heterocycles. The topological polar surface area (TPSA) is 80.9 Å². The number of carboxylic acid groups (broad SMARTS) is 1. The molecule has 1 unspecified atom stereocenters. The molecule has 0 aliphatic heterocycles. The van der Waals surface area contributed by atoms with E-state index in [0.717, 1.165) is 10.0 Å². The van der Waals surface area contributed by atoms with Gasteiger partial charge >= 0.3 is 5.97 Å². The molecule has 0 fully saturated rings. The maximum atomic E-state index is 11.4. The molecule has 1 aromatic heterocycles. The summed E-state index contributed by atoms with van der Waals surface area (Å²) in [6.07, 6.45) is 0.471. The lowest BCUT2D eigenvalue weighted by atomic mass is 9.88. The van der Waals surface area contributed by atoms with Gasteiger partial charge < -0.3 is 5.11 Å². The van der Waals surface area contributed by atoms with Crippen LogP contribution in [0.5, 0.6) is 0 Å². The molecule has 1 N–H and O–H groups in total. The highest BCUT2D eigenvalue weighted by molar-refractivity contribution is 9.10. The van der Waals surface area contributed by atoms with Crippen LogP contribution in [0.4, 0.5) is 0 Å². The van der Waals surface area contributed by atoms with Crippen molar-refractivity contribution in [3.05, 3.63) is 27.7 Å². The summed E-state index contributed by atoms with van der Waals surface area (Å²) < 4.78 is 2.28. The number of carbonyl (C=O) groups is 1. The Labute approximate surface area is 135 Å². The van der Waals surface area contributed by atoms with Gasteiger partial charge in [-0.25, -0.2) is 4.68 Å². The Morgan fingerprint density at radius 1 is 1.52 bits per heavy atom. The van der Waals surface area contributed by atoms with Gasteiger partial charge in [-0.1, -0.05) is 34.5 Å². The van der Waals surface area contributed by atoms with Crippen molar-refractivity contribution in [1.29, 1.82) is 0 Å². The predicted octanol–water partition coefficient (Wildman–Crippen LogP) is 3.26. The summed E-state index contributed by atoms with van der Waals surface area (Å²) >= 11 is 9.43. The molecule has 2 rings (SSSR count). The molecular formula is C13H14BrClN4O2. The molecule has 0 bridgehead atoms. The number of hydrogen-bond donors (Lipinski definition) is 1. The van der Waals surface area contributed by atoms with Crippen molar-refractivity contribution in [3.8, 4) is 11.4 Å². The maximum absolute atomic E-state index is 11.4. The third kappa shape index (κ3) is 3.24. The van der Waals surface area contributed by atoms with E-state index in [1.54, 1.807) is 25.1 Å². The summed E-state index contributed by atoms with van der Waals surface area (Å²) in [6, 6.07) is 5.28. The quantitative estimate of drug-likeness (QED) is 0.870. The number of benzene rings is 1. The van der Waals surface area contributed by atoms with Crippen molar-refractivity contribution in [2.24, 2.45) is 5.41 Å². The first-order chi connectivity index (χ1) is 9.87. The molecule has 0 aliphatic rings. The van der Waals surface area contributed by atoms with Crippen molar-refractivity contribution in [2.75, 3.05) is 0 Å². The van der Waals surface area contributed by atoms with Crippen LogP contribution < -0.4 is 0 Å². The smallest absolute Gasteiger partial charge is 0.311 e. The molecule has 0 amide bonds. The minimum Gasteiger partial charge on any atom is -0.481 e. The van der Waals surface area contributed by atoms with Gasteiger partial charge in [-0.2, -0.15) is 0 Å². The van der Waals surface area contributed by atoms with E-state index in [0.29, 0.717) is 17.3 Å². The Hall–Kier alpha value is -1.47. The van der Waals surface area contributed by atoms with Gasteiger partial charge in [0.15, 0.2) is 5.82 Å². The van der Waals surface area contributed by atoms with Crippen LogP contribution in [0.15, 0.2) is 22.7 Å². The van der Waals surface area contributed by atoms with Crippen LogP contribution in [-0.2, 0) is 11.3 Å². The molecule has 0 saturated carbocycles. The second kappa shape index (κ2) is 6.11. The zero-order valence-electron chi connectivity index (χ0n) is 11.5. The molecule has 0 spiro atoms. The van der Waals surface area contributed by atoms with Gasteiger partial charge in [0.05, 0.1) is 12.0 Å². The number of nitrogens with zero attached hydrogens (tertiary/aromatic N) is 4. The number of aromatic nitrogens is 4. The molecule has 2 aromatic rings. The lowest BCUT2D eigenvalue weighted by Crippen LogP contribution is -2.32. The normalized spacial score (nSPS) is 13.9. The number of tetrazole rings is 1. The van der Waals surface area contributed by atoms with E-state index in [4.69, 9.17) is 11.6 Å². The molecular weight excluding hydrogens is 360 g/mol. The molecule has 8 heteroatoms. The Morgan fingerprint density at radius 2 is 2.24 bits per heavy atom. The van der Waals surface area contributed by atoms with Gasteiger partial charge in [-0.3, -0.25) is 4.79 Å². The molecule has 112 valence electrons. The zero-order valence-corrected chi connectivity index (χ0v) is 13.9. The highest BCUT2D eigenvalue weighted by Crippen LogP contribution is 2.31. The van der Waals surface area contributed by atoms with Gasteiger partial charge in [-0.15, -0.1) is 5.10 Å². The number of halogens is 2. The van der Waals surface area contributed by atoms with Crippen molar-refractivity contribution in [1.82, 2.24) is 20.2 Å². The zero-order chi connectivity index (χ0) is 15.6. The maximum Gasteiger partial charge on any atom is 0.311 e. The van der Waals surface area contributed by atoms with Gasteiger partial charge in [0, 0.05) is 15.1 Å². The SMILES string of the molecule is CCC(C)(Cn1nnnc1-c1cc(Cl)ccc1Br)C(=O)O. The summed E-state index contributed by atoms with van der Waals surface area (Å²) in [7, 11) is 0. The average molecular weight is 374 g/mol. The van der Waals surface area contributed by atoms with Crippen molar-refractivity contribution in [3.63, 3.8) is 0 Å². The average Bonchev–Trinajstić information content (AvgIpc) is 2.89. The van der Waals surface area contributed by atoms with Crippen molar-refractivity contribution < 1.29 is 9.90 Å². The molecule has 0 aliphatic carbocycles. The summed E-state index contributed by atoms with van der Waals surface area (Å²) in [6.45, 7) is 3.68. The fraction of sp³-hybridized carbons (Fsp3) is 0.385. The number of hydrogen-bond acceptors (Lipinski definition) is 4. The standard InChI is InChI=1S/C13H14BrClN4O2/c1-3-13(2,12(20)21)7-19-11(16-17-18-19)9-6-8(15)4-5-10(9)14/h4-6H,3,7H2,1-2H3,(H,20,21). The lowest BCUT2D eigenvalue weighted by Gasteiger charge is -2.23. The van der Waals surface area contributed by atoms with E-state index in [1.807, 2.05) is 6.92 Å². The van der Waals surface area contributed by atoms with Crippen LogP contribution in [0.1, 0.15) is 20.3 Å². The van der Waals surface area contributed by atoms with E-state index in [2.05, 4.69) is 31.5 Å². The van der Waals surface area contributed by atoms with E-state index in [1.165, 1.54) is 4.68 Å². The van der Waals surface area contributed by atoms with Crippen LogP contribution >= 0.6 is 27.5 Å². The minimum atomic E-state index is -0.935. The van der Waals surface area contributed by atoms with Crippen LogP contribution in [0.2, 0.25) is 5.02 Å². The lowest BCUT2D eigenvalue weighted by molar-refractivity contribution is -0.149. The van der Waals surface area contributed by atoms with Crippen molar-refractivity contribution >= 4 is 33.5 Å². The molecule has 6 nitrogen and oxygen atoms in total. The first kappa shape index (κ1) is 15.9. The third-order valence-corrected chi connectivity index (χ3v) is 4.42. The Balaban J connectivity index is 2.44. The number of aliphatic carboxylic acids is 1. The van der Waals surface area contributed by atoms with Crippen molar-refractivity contribution in [2.45, 2.75) is 26.8 Å². The van der Waals surface area contributed by atoms with Crippen LogP contribution in [0.25, 0.3) is 11.4 Å². The van der Waals surface area contributed by atoms with E-state index in [9.17, 15) is 9.90 Å².